The molecule has 2 nitrogen and oxygen atoms in total. The normalized spacial score (nSPS) is 12.7. The molecule has 2 heterocycles. The molecule has 2 aromatic heterocycles. The van der Waals surface area contributed by atoms with Crippen LogP contribution in [0.15, 0.2) is 30.5 Å². The van der Waals surface area contributed by atoms with Crippen LogP contribution in [-0.2, 0) is 5.41 Å². The van der Waals surface area contributed by atoms with Crippen LogP contribution < -0.4 is 0 Å². The minimum absolute atomic E-state index is 0.118. The summed E-state index contributed by atoms with van der Waals surface area (Å²) in [5, 5.41) is 0. The molecule has 0 N–H and O–H groups in total. The van der Waals surface area contributed by atoms with Gasteiger partial charge in [-0.2, -0.15) is 0 Å². The van der Waals surface area contributed by atoms with Crippen LogP contribution in [0.25, 0.3) is 15.2 Å². The third-order valence-electron chi connectivity index (χ3n) is 2.77. The fourth-order valence-electron chi connectivity index (χ4n) is 1.81. The standard InChI is InChI=1S/C13H14N2S/c1-13(2,3)11-8-15-9-6-4-5-7-10(9)16-12(15)14-11/h4-8H,1-3H3. The summed E-state index contributed by atoms with van der Waals surface area (Å²) in [6, 6.07) is 8.44. The zero-order chi connectivity index (χ0) is 11.3. The molecule has 0 aliphatic heterocycles. The largest absolute Gasteiger partial charge is 0.290 e. The van der Waals surface area contributed by atoms with Gasteiger partial charge in [-0.1, -0.05) is 44.2 Å². The van der Waals surface area contributed by atoms with Gasteiger partial charge in [-0.25, -0.2) is 4.98 Å². The number of fused-ring (bicyclic) bond motifs is 3. The minimum atomic E-state index is 0.118. The van der Waals surface area contributed by atoms with Crippen LogP contribution in [0.3, 0.4) is 0 Å². The van der Waals surface area contributed by atoms with Crippen molar-refractivity contribution in [1.82, 2.24) is 9.38 Å². The number of hydrogen-bond acceptors (Lipinski definition) is 2. The minimum Gasteiger partial charge on any atom is -0.290 e. The summed E-state index contributed by atoms with van der Waals surface area (Å²) in [6.07, 6.45) is 2.16. The van der Waals surface area contributed by atoms with Crippen molar-refractivity contribution in [3.05, 3.63) is 36.2 Å². The van der Waals surface area contributed by atoms with Crippen LogP contribution in [0.1, 0.15) is 26.5 Å². The van der Waals surface area contributed by atoms with Crippen LogP contribution in [-0.4, -0.2) is 9.38 Å². The van der Waals surface area contributed by atoms with Gasteiger partial charge in [0.2, 0.25) is 0 Å². The van der Waals surface area contributed by atoms with E-state index in [1.807, 2.05) is 0 Å². The van der Waals surface area contributed by atoms with Gasteiger partial charge in [-0.05, 0) is 12.1 Å². The average molecular weight is 230 g/mol. The van der Waals surface area contributed by atoms with Crippen molar-refractivity contribution >= 4 is 26.5 Å². The number of benzene rings is 1. The van der Waals surface area contributed by atoms with E-state index in [2.05, 4.69) is 55.6 Å². The van der Waals surface area contributed by atoms with Crippen LogP contribution in [0.2, 0.25) is 0 Å². The fourth-order valence-corrected chi connectivity index (χ4v) is 2.82. The van der Waals surface area contributed by atoms with E-state index in [0.29, 0.717) is 0 Å². The highest BCUT2D eigenvalue weighted by Crippen LogP contribution is 2.29. The maximum atomic E-state index is 4.70. The Morgan fingerprint density at radius 3 is 2.69 bits per heavy atom. The molecule has 3 heteroatoms. The molecule has 82 valence electrons. The summed E-state index contributed by atoms with van der Waals surface area (Å²) >= 11 is 1.75. The third-order valence-corrected chi connectivity index (χ3v) is 3.80. The highest BCUT2D eigenvalue weighted by atomic mass is 32.1. The summed E-state index contributed by atoms with van der Waals surface area (Å²) in [7, 11) is 0. The van der Waals surface area contributed by atoms with E-state index >= 15 is 0 Å². The van der Waals surface area contributed by atoms with E-state index in [0.717, 1.165) is 10.7 Å². The second kappa shape index (κ2) is 3.08. The lowest BCUT2D eigenvalue weighted by Gasteiger charge is -2.13. The van der Waals surface area contributed by atoms with Crippen LogP contribution in [0.4, 0.5) is 0 Å². The van der Waals surface area contributed by atoms with Gasteiger partial charge in [0.15, 0.2) is 4.96 Å². The van der Waals surface area contributed by atoms with Gasteiger partial charge in [-0.3, -0.25) is 4.40 Å². The molecule has 0 amide bonds. The van der Waals surface area contributed by atoms with Crippen molar-refractivity contribution in [3.63, 3.8) is 0 Å². The first kappa shape index (κ1) is 9.85. The molecular weight excluding hydrogens is 216 g/mol. The van der Waals surface area contributed by atoms with Gasteiger partial charge < -0.3 is 0 Å². The van der Waals surface area contributed by atoms with Gasteiger partial charge in [-0.15, -0.1) is 0 Å². The van der Waals surface area contributed by atoms with Crippen LogP contribution in [0, 0.1) is 0 Å². The van der Waals surface area contributed by atoms with Crippen molar-refractivity contribution in [2.24, 2.45) is 0 Å². The van der Waals surface area contributed by atoms with E-state index in [9.17, 15) is 0 Å². The molecule has 1 aromatic carbocycles. The predicted octanol–water partition coefficient (Wildman–Crippen LogP) is 3.85. The topological polar surface area (TPSA) is 17.3 Å². The molecule has 0 saturated heterocycles. The molecule has 3 rings (SSSR count). The first-order chi connectivity index (χ1) is 7.55. The average Bonchev–Trinajstić information content (AvgIpc) is 2.72. The lowest BCUT2D eigenvalue weighted by molar-refractivity contribution is 0.573. The van der Waals surface area contributed by atoms with E-state index < -0.39 is 0 Å². The van der Waals surface area contributed by atoms with Crippen molar-refractivity contribution in [2.75, 3.05) is 0 Å². The molecular formula is C13H14N2S. The Hall–Kier alpha value is -1.35. The van der Waals surface area contributed by atoms with Crippen LogP contribution in [0.5, 0.6) is 0 Å². The Morgan fingerprint density at radius 2 is 1.94 bits per heavy atom. The zero-order valence-corrected chi connectivity index (χ0v) is 10.5. The highest BCUT2D eigenvalue weighted by molar-refractivity contribution is 7.23. The maximum absolute atomic E-state index is 4.70. The Morgan fingerprint density at radius 1 is 1.19 bits per heavy atom. The number of aromatic nitrogens is 2. The lowest BCUT2D eigenvalue weighted by Crippen LogP contribution is -2.11. The molecule has 0 radical (unpaired) electrons. The van der Waals surface area contributed by atoms with Crippen LogP contribution >= 0.6 is 11.3 Å². The summed E-state index contributed by atoms with van der Waals surface area (Å²) < 4.78 is 3.49. The summed E-state index contributed by atoms with van der Waals surface area (Å²) in [5.74, 6) is 0. The Bertz CT molecular complexity index is 655. The lowest BCUT2D eigenvalue weighted by atomic mass is 9.93. The SMILES string of the molecule is CC(C)(C)c1cn2c(n1)sc1ccccc12. The molecule has 0 bridgehead atoms. The number of rotatable bonds is 0. The van der Waals surface area contributed by atoms with Gasteiger partial charge >= 0.3 is 0 Å². The molecule has 0 fully saturated rings. The molecule has 0 aliphatic rings. The molecule has 0 unspecified atom stereocenters. The summed E-state index contributed by atoms with van der Waals surface area (Å²) in [5.41, 5.74) is 2.53. The van der Waals surface area contributed by atoms with E-state index in [4.69, 9.17) is 4.98 Å². The fraction of sp³-hybridized carbons (Fsp3) is 0.308. The van der Waals surface area contributed by atoms with Gasteiger partial charge in [0, 0.05) is 11.6 Å². The number of imidazole rings is 1. The molecule has 3 aromatic rings. The molecule has 0 saturated carbocycles. The molecule has 0 spiro atoms. The second-order valence-corrected chi connectivity index (χ2v) is 6.11. The zero-order valence-electron chi connectivity index (χ0n) is 9.69. The van der Waals surface area contributed by atoms with Crippen molar-refractivity contribution in [2.45, 2.75) is 26.2 Å². The van der Waals surface area contributed by atoms with E-state index in [1.165, 1.54) is 10.2 Å². The summed E-state index contributed by atoms with van der Waals surface area (Å²) in [4.78, 5) is 5.79. The summed E-state index contributed by atoms with van der Waals surface area (Å²) in [6.45, 7) is 6.59. The van der Waals surface area contributed by atoms with Crippen molar-refractivity contribution < 1.29 is 0 Å². The Labute approximate surface area is 98.6 Å². The number of hydrogen-bond donors (Lipinski definition) is 0. The number of para-hydroxylation sites is 1. The quantitative estimate of drug-likeness (QED) is 0.573. The smallest absolute Gasteiger partial charge is 0.194 e. The molecule has 0 atom stereocenters. The highest BCUT2D eigenvalue weighted by Gasteiger charge is 2.19. The van der Waals surface area contributed by atoms with Gasteiger partial charge in [0.25, 0.3) is 0 Å². The Kier molecular flexibility index (Phi) is 1.89. The van der Waals surface area contributed by atoms with E-state index in [1.54, 1.807) is 11.3 Å². The van der Waals surface area contributed by atoms with E-state index in [-0.39, 0.29) is 5.41 Å². The predicted molar refractivity (Wildman–Crippen MR) is 69.3 cm³/mol. The molecule has 16 heavy (non-hydrogen) atoms. The first-order valence-corrected chi connectivity index (χ1v) is 6.24. The maximum Gasteiger partial charge on any atom is 0.194 e. The third kappa shape index (κ3) is 1.35. The first-order valence-electron chi connectivity index (χ1n) is 5.43. The van der Waals surface area contributed by atoms with Gasteiger partial charge in [0.05, 0.1) is 15.9 Å². The molecule has 0 aliphatic carbocycles. The Balaban J connectivity index is 2.35. The van der Waals surface area contributed by atoms with Crippen molar-refractivity contribution in [1.29, 1.82) is 0 Å². The number of nitrogens with zero attached hydrogens (tertiary/aromatic N) is 2. The number of thiazole rings is 1. The van der Waals surface area contributed by atoms with Gasteiger partial charge in [0.1, 0.15) is 0 Å². The second-order valence-electron chi connectivity index (χ2n) is 5.10. The monoisotopic (exact) mass is 230 g/mol. The van der Waals surface area contributed by atoms with Crippen molar-refractivity contribution in [3.8, 4) is 0 Å².